The van der Waals surface area contributed by atoms with Crippen LogP contribution >= 0.6 is 0 Å². The van der Waals surface area contributed by atoms with E-state index in [0.29, 0.717) is 25.1 Å². The second kappa shape index (κ2) is 7.98. The van der Waals surface area contributed by atoms with E-state index in [1.54, 1.807) is 12.2 Å². The van der Waals surface area contributed by atoms with E-state index in [-0.39, 0.29) is 18.3 Å². The lowest BCUT2D eigenvalue weighted by atomic mass is 10.1. The van der Waals surface area contributed by atoms with Crippen LogP contribution in [0.3, 0.4) is 0 Å². The number of hydrogen-bond acceptors (Lipinski definition) is 5. The van der Waals surface area contributed by atoms with E-state index in [9.17, 15) is 9.59 Å². The van der Waals surface area contributed by atoms with Crippen molar-refractivity contribution in [3.63, 3.8) is 0 Å². The Bertz CT molecular complexity index is 473. The van der Waals surface area contributed by atoms with Crippen molar-refractivity contribution in [1.82, 2.24) is 4.90 Å². The molecule has 2 heterocycles. The van der Waals surface area contributed by atoms with Crippen molar-refractivity contribution in [2.24, 2.45) is 5.73 Å². The molecule has 2 N–H and O–H groups in total. The van der Waals surface area contributed by atoms with Gasteiger partial charge in [0.1, 0.15) is 12.8 Å². The fourth-order valence-corrected chi connectivity index (χ4v) is 2.56. The summed E-state index contributed by atoms with van der Waals surface area (Å²) in [4.78, 5) is 24.7. The molecule has 0 unspecified atom stereocenters. The van der Waals surface area contributed by atoms with Gasteiger partial charge in [0.05, 0.1) is 12.6 Å². The van der Waals surface area contributed by atoms with Crippen molar-refractivity contribution in [2.75, 3.05) is 13.2 Å². The number of rotatable bonds is 7. The van der Waals surface area contributed by atoms with Crippen LogP contribution in [-0.2, 0) is 19.1 Å². The SMILES string of the molecule is CCCCC(=O)OC[C@@H]1CC[C@H](N2C=CC=C(C(N)=O)C2)O1. The Kier molecular flexibility index (Phi) is 6.00. The summed E-state index contributed by atoms with van der Waals surface area (Å²) in [7, 11) is 0. The Hall–Kier alpha value is -1.82. The van der Waals surface area contributed by atoms with Crippen LogP contribution in [0.5, 0.6) is 0 Å². The molecule has 22 heavy (non-hydrogen) atoms. The molecule has 0 aliphatic carbocycles. The average Bonchev–Trinajstić information content (AvgIpc) is 3.00. The van der Waals surface area contributed by atoms with Crippen LogP contribution in [0.4, 0.5) is 0 Å². The highest BCUT2D eigenvalue weighted by molar-refractivity contribution is 5.92. The van der Waals surface area contributed by atoms with Gasteiger partial charge in [-0.3, -0.25) is 9.59 Å². The van der Waals surface area contributed by atoms with Gasteiger partial charge in [-0.2, -0.15) is 0 Å². The summed E-state index contributed by atoms with van der Waals surface area (Å²) >= 11 is 0. The van der Waals surface area contributed by atoms with Gasteiger partial charge in [-0.25, -0.2) is 0 Å². The number of nitrogens with two attached hydrogens (primary N) is 1. The molecule has 0 spiro atoms. The molecule has 2 rings (SSSR count). The number of esters is 1. The minimum atomic E-state index is -0.409. The molecule has 1 amide bonds. The molecule has 0 bridgehead atoms. The molecule has 122 valence electrons. The zero-order chi connectivity index (χ0) is 15.9. The van der Waals surface area contributed by atoms with E-state index in [0.717, 1.165) is 25.7 Å². The van der Waals surface area contributed by atoms with Crippen molar-refractivity contribution in [3.05, 3.63) is 23.9 Å². The molecule has 6 nitrogen and oxygen atoms in total. The van der Waals surface area contributed by atoms with Gasteiger partial charge < -0.3 is 20.1 Å². The molecule has 0 aromatic rings. The lowest BCUT2D eigenvalue weighted by molar-refractivity contribution is -0.149. The van der Waals surface area contributed by atoms with E-state index in [4.69, 9.17) is 15.2 Å². The standard InChI is InChI=1S/C16H24N2O4/c1-2-3-6-15(19)21-11-13-7-8-14(22-13)18-9-4-5-12(10-18)16(17)20/h4-5,9,13-14H,2-3,6-8,10-11H2,1H3,(H2,17,20)/t13-,14+/m0/s1. The van der Waals surface area contributed by atoms with Crippen LogP contribution in [0, 0.1) is 0 Å². The number of carbonyl (C=O) groups excluding carboxylic acids is 2. The third-order valence-corrected chi connectivity index (χ3v) is 3.86. The van der Waals surface area contributed by atoms with Gasteiger partial charge in [0, 0.05) is 18.2 Å². The van der Waals surface area contributed by atoms with E-state index < -0.39 is 5.91 Å². The van der Waals surface area contributed by atoms with Gasteiger partial charge in [-0.05, 0) is 25.3 Å². The van der Waals surface area contributed by atoms with Gasteiger partial charge >= 0.3 is 5.97 Å². The van der Waals surface area contributed by atoms with Gasteiger partial charge in [0.15, 0.2) is 0 Å². The van der Waals surface area contributed by atoms with E-state index in [1.165, 1.54) is 0 Å². The predicted octanol–water partition coefficient (Wildman–Crippen LogP) is 1.47. The molecule has 6 heteroatoms. The van der Waals surface area contributed by atoms with Crippen molar-refractivity contribution in [1.29, 1.82) is 0 Å². The summed E-state index contributed by atoms with van der Waals surface area (Å²) in [5, 5.41) is 0. The first-order chi connectivity index (χ1) is 10.6. The number of carbonyl (C=O) groups is 2. The minimum Gasteiger partial charge on any atom is -0.463 e. The molecular weight excluding hydrogens is 284 g/mol. The lowest BCUT2D eigenvalue weighted by Crippen LogP contribution is -2.36. The number of primary amides is 1. The highest BCUT2D eigenvalue weighted by atomic mass is 16.6. The molecule has 0 aromatic carbocycles. The number of unbranched alkanes of at least 4 members (excludes halogenated alkanes) is 1. The maximum Gasteiger partial charge on any atom is 0.305 e. The first-order valence-corrected chi connectivity index (χ1v) is 7.84. The molecule has 2 atom stereocenters. The molecule has 0 radical (unpaired) electrons. The lowest BCUT2D eigenvalue weighted by Gasteiger charge is -2.29. The highest BCUT2D eigenvalue weighted by Crippen LogP contribution is 2.25. The Labute approximate surface area is 130 Å². The van der Waals surface area contributed by atoms with Crippen LogP contribution in [-0.4, -0.2) is 42.3 Å². The van der Waals surface area contributed by atoms with E-state index in [2.05, 4.69) is 0 Å². The molecule has 1 fully saturated rings. The quantitative estimate of drug-likeness (QED) is 0.720. The van der Waals surface area contributed by atoms with E-state index in [1.807, 2.05) is 18.0 Å². The zero-order valence-corrected chi connectivity index (χ0v) is 13.0. The van der Waals surface area contributed by atoms with Crippen LogP contribution in [0.15, 0.2) is 23.9 Å². The average molecular weight is 308 g/mol. The number of amides is 1. The molecule has 0 saturated carbocycles. The molecule has 1 saturated heterocycles. The van der Waals surface area contributed by atoms with Gasteiger partial charge in [-0.15, -0.1) is 0 Å². The fraction of sp³-hybridized carbons (Fsp3) is 0.625. The van der Waals surface area contributed by atoms with Crippen molar-refractivity contribution in [3.8, 4) is 0 Å². The van der Waals surface area contributed by atoms with Crippen LogP contribution in [0.2, 0.25) is 0 Å². The highest BCUT2D eigenvalue weighted by Gasteiger charge is 2.30. The first kappa shape index (κ1) is 16.5. The molecule has 0 aromatic heterocycles. The maximum atomic E-state index is 11.5. The van der Waals surface area contributed by atoms with Gasteiger partial charge in [0.25, 0.3) is 0 Å². The van der Waals surface area contributed by atoms with Gasteiger partial charge in [0.2, 0.25) is 5.91 Å². The number of hydrogen-bond donors (Lipinski definition) is 1. The topological polar surface area (TPSA) is 81.9 Å². The largest absolute Gasteiger partial charge is 0.463 e. The second-order valence-corrected chi connectivity index (χ2v) is 5.65. The Balaban J connectivity index is 1.74. The fourth-order valence-electron chi connectivity index (χ4n) is 2.56. The monoisotopic (exact) mass is 308 g/mol. The number of allylic oxidation sites excluding steroid dienone is 2. The summed E-state index contributed by atoms with van der Waals surface area (Å²) < 4.78 is 11.1. The number of ether oxygens (including phenoxy) is 2. The van der Waals surface area contributed by atoms with Crippen molar-refractivity contribution < 1.29 is 19.1 Å². The summed E-state index contributed by atoms with van der Waals surface area (Å²) in [5.74, 6) is -0.570. The van der Waals surface area contributed by atoms with Crippen molar-refractivity contribution >= 4 is 11.9 Å². The van der Waals surface area contributed by atoms with E-state index >= 15 is 0 Å². The smallest absolute Gasteiger partial charge is 0.305 e. The van der Waals surface area contributed by atoms with Crippen LogP contribution in [0.25, 0.3) is 0 Å². The number of nitrogens with zero attached hydrogens (tertiary/aromatic N) is 1. The normalized spacial score (nSPS) is 24.2. The maximum absolute atomic E-state index is 11.5. The predicted molar refractivity (Wildman–Crippen MR) is 81.5 cm³/mol. The summed E-state index contributed by atoms with van der Waals surface area (Å²) in [6, 6.07) is 0. The minimum absolute atomic E-state index is 0.0769. The Morgan fingerprint density at radius 3 is 3.00 bits per heavy atom. The zero-order valence-electron chi connectivity index (χ0n) is 13.0. The molecule has 2 aliphatic rings. The summed E-state index contributed by atoms with van der Waals surface area (Å²) in [6.07, 6.45) is 9.22. The van der Waals surface area contributed by atoms with Crippen LogP contribution < -0.4 is 5.73 Å². The first-order valence-electron chi connectivity index (χ1n) is 7.84. The Morgan fingerprint density at radius 1 is 1.45 bits per heavy atom. The second-order valence-electron chi connectivity index (χ2n) is 5.65. The van der Waals surface area contributed by atoms with Crippen LogP contribution in [0.1, 0.15) is 39.0 Å². The van der Waals surface area contributed by atoms with Gasteiger partial charge in [-0.1, -0.05) is 19.4 Å². The Morgan fingerprint density at radius 2 is 2.27 bits per heavy atom. The summed E-state index contributed by atoms with van der Waals surface area (Å²) in [5.41, 5.74) is 5.88. The third-order valence-electron chi connectivity index (χ3n) is 3.86. The van der Waals surface area contributed by atoms with Crippen molar-refractivity contribution in [2.45, 2.75) is 51.4 Å². The molecule has 2 aliphatic heterocycles. The third kappa shape index (κ3) is 4.59. The summed E-state index contributed by atoms with van der Waals surface area (Å²) in [6.45, 7) is 2.80. The molecular formula is C16H24N2O4.